The van der Waals surface area contributed by atoms with Gasteiger partial charge in [-0.25, -0.2) is 4.39 Å². The standard InChI is InChI=1S/C19H19FN2OS/c1-24-21-13-15-6-2-3-7-16(15)14-9-10-18(17(20)12-14)22-11-5-4-8-19(22)23/h2-4,6-10,12,21H,5,11,13H2,1H3. The Labute approximate surface area is 145 Å². The van der Waals surface area contributed by atoms with Crippen LogP contribution in [0.3, 0.4) is 0 Å². The monoisotopic (exact) mass is 342 g/mol. The quantitative estimate of drug-likeness (QED) is 0.829. The Balaban J connectivity index is 1.93. The molecular formula is C19H19FN2OS. The second-order valence-electron chi connectivity index (χ2n) is 5.53. The summed E-state index contributed by atoms with van der Waals surface area (Å²) in [6.45, 7) is 1.22. The first-order valence-corrected chi connectivity index (χ1v) is 9.05. The first kappa shape index (κ1) is 16.7. The van der Waals surface area contributed by atoms with Crippen molar-refractivity contribution in [1.29, 1.82) is 0 Å². The predicted molar refractivity (Wildman–Crippen MR) is 98.3 cm³/mol. The fraction of sp³-hybridized carbons (Fsp3) is 0.211. The topological polar surface area (TPSA) is 32.3 Å². The van der Waals surface area contributed by atoms with Crippen LogP contribution in [0.2, 0.25) is 0 Å². The Morgan fingerprint density at radius 3 is 2.83 bits per heavy atom. The summed E-state index contributed by atoms with van der Waals surface area (Å²) in [5.74, 6) is -0.541. The van der Waals surface area contributed by atoms with Crippen LogP contribution in [0.4, 0.5) is 10.1 Å². The number of nitrogens with one attached hydrogen (secondary N) is 1. The van der Waals surface area contributed by atoms with E-state index >= 15 is 0 Å². The molecule has 0 saturated heterocycles. The molecule has 124 valence electrons. The summed E-state index contributed by atoms with van der Waals surface area (Å²) in [7, 11) is 0. The summed E-state index contributed by atoms with van der Waals surface area (Å²) in [4.78, 5) is 13.4. The van der Waals surface area contributed by atoms with Gasteiger partial charge in [0.25, 0.3) is 5.91 Å². The normalized spacial score (nSPS) is 14.2. The number of hydrogen-bond acceptors (Lipinski definition) is 3. The van der Waals surface area contributed by atoms with E-state index in [2.05, 4.69) is 4.72 Å². The Morgan fingerprint density at radius 2 is 2.08 bits per heavy atom. The zero-order chi connectivity index (χ0) is 16.9. The Kier molecular flexibility index (Phi) is 5.33. The van der Waals surface area contributed by atoms with E-state index in [9.17, 15) is 9.18 Å². The van der Waals surface area contributed by atoms with Crippen molar-refractivity contribution in [3.8, 4) is 11.1 Å². The molecule has 0 aromatic heterocycles. The van der Waals surface area contributed by atoms with Crippen molar-refractivity contribution in [1.82, 2.24) is 4.72 Å². The largest absolute Gasteiger partial charge is 0.306 e. The van der Waals surface area contributed by atoms with E-state index in [4.69, 9.17) is 0 Å². The van der Waals surface area contributed by atoms with Gasteiger partial charge in [-0.1, -0.05) is 48.4 Å². The Bertz CT molecular complexity index is 776. The van der Waals surface area contributed by atoms with Crippen molar-refractivity contribution in [3.05, 3.63) is 66.0 Å². The lowest BCUT2D eigenvalue weighted by Gasteiger charge is -2.24. The third-order valence-corrected chi connectivity index (χ3v) is 4.45. The van der Waals surface area contributed by atoms with E-state index in [1.807, 2.05) is 42.7 Å². The molecule has 5 heteroatoms. The Morgan fingerprint density at radius 1 is 1.25 bits per heavy atom. The minimum absolute atomic E-state index is 0.169. The molecule has 0 radical (unpaired) electrons. The summed E-state index contributed by atoms with van der Waals surface area (Å²) in [5, 5.41) is 0. The van der Waals surface area contributed by atoms with Crippen LogP contribution in [0, 0.1) is 5.82 Å². The number of nitrogens with zero attached hydrogens (tertiary/aromatic N) is 1. The van der Waals surface area contributed by atoms with Gasteiger partial charge in [0.15, 0.2) is 0 Å². The molecule has 1 aliphatic heterocycles. The first-order valence-electron chi connectivity index (χ1n) is 7.82. The van der Waals surface area contributed by atoms with Crippen molar-refractivity contribution in [2.24, 2.45) is 0 Å². The Hall–Kier alpha value is -2.11. The molecule has 3 rings (SSSR count). The second-order valence-corrected chi connectivity index (χ2v) is 6.23. The average Bonchev–Trinajstić information content (AvgIpc) is 2.61. The lowest BCUT2D eigenvalue weighted by Crippen LogP contribution is -2.33. The summed E-state index contributed by atoms with van der Waals surface area (Å²) in [6, 6.07) is 13.0. The van der Waals surface area contributed by atoms with Crippen LogP contribution in [0.15, 0.2) is 54.6 Å². The van der Waals surface area contributed by atoms with E-state index in [1.165, 1.54) is 17.0 Å². The highest BCUT2D eigenvalue weighted by Crippen LogP contribution is 2.30. The van der Waals surface area contributed by atoms with Gasteiger partial charge in [0.05, 0.1) is 5.69 Å². The van der Waals surface area contributed by atoms with Crippen molar-refractivity contribution in [2.75, 3.05) is 17.7 Å². The molecule has 0 unspecified atom stereocenters. The third kappa shape index (κ3) is 3.52. The molecule has 0 aliphatic carbocycles. The number of carbonyl (C=O) groups excluding carboxylic acids is 1. The molecular weight excluding hydrogens is 323 g/mol. The number of anilines is 1. The average molecular weight is 342 g/mol. The van der Waals surface area contributed by atoms with Crippen LogP contribution in [-0.2, 0) is 11.3 Å². The van der Waals surface area contributed by atoms with Gasteiger partial charge < -0.3 is 4.90 Å². The van der Waals surface area contributed by atoms with Gasteiger partial charge in [-0.05, 0) is 47.6 Å². The zero-order valence-electron chi connectivity index (χ0n) is 13.5. The van der Waals surface area contributed by atoms with Gasteiger partial charge >= 0.3 is 0 Å². The lowest BCUT2D eigenvalue weighted by molar-refractivity contribution is -0.114. The summed E-state index contributed by atoms with van der Waals surface area (Å²) in [6.07, 6.45) is 6.04. The smallest absolute Gasteiger partial charge is 0.250 e. The van der Waals surface area contributed by atoms with Gasteiger partial charge in [0, 0.05) is 13.1 Å². The molecule has 1 aliphatic rings. The zero-order valence-corrected chi connectivity index (χ0v) is 14.3. The fourth-order valence-corrected chi connectivity index (χ4v) is 3.13. The summed E-state index contributed by atoms with van der Waals surface area (Å²) >= 11 is 1.55. The molecule has 0 spiro atoms. The minimum Gasteiger partial charge on any atom is -0.306 e. The molecule has 1 amide bonds. The van der Waals surface area contributed by atoms with Crippen LogP contribution in [-0.4, -0.2) is 18.7 Å². The van der Waals surface area contributed by atoms with Crippen LogP contribution >= 0.6 is 11.9 Å². The van der Waals surface area contributed by atoms with Gasteiger partial charge in [0.2, 0.25) is 0 Å². The molecule has 0 bridgehead atoms. The molecule has 1 N–H and O–H groups in total. The van der Waals surface area contributed by atoms with E-state index in [1.54, 1.807) is 18.0 Å². The highest BCUT2D eigenvalue weighted by Gasteiger charge is 2.19. The van der Waals surface area contributed by atoms with Gasteiger partial charge in [-0.3, -0.25) is 9.52 Å². The van der Waals surface area contributed by atoms with Crippen molar-refractivity contribution in [3.63, 3.8) is 0 Å². The molecule has 0 atom stereocenters. The number of hydrogen-bond donors (Lipinski definition) is 1. The molecule has 0 saturated carbocycles. The molecule has 0 fully saturated rings. The summed E-state index contributed by atoms with van der Waals surface area (Å²) < 4.78 is 17.9. The highest BCUT2D eigenvalue weighted by atomic mass is 32.2. The molecule has 2 aromatic rings. The van der Waals surface area contributed by atoms with Gasteiger partial charge in [0.1, 0.15) is 5.82 Å². The van der Waals surface area contributed by atoms with Crippen LogP contribution in [0.5, 0.6) is 0 Å². The predicted octanol–water partition coefficient (Wildman–Crippen LogP) is 4.15. The molecule has 3 nitrogen and oxygen atoms in total. The van der Waals surface area contributed by atoms with Crippen molar-refractivity contribution >= 4 is 23.5 Å². The second kappa shape index (κ2) is 7.64. The molecule has 1 heterocycles. The maximum absolute atomic E-state index is 14.6. The van der Waals surface area contributed by atoms with Gasteiger partial charge in [-0.15, -0.1) is 0 Å². The lowest BCUT2D eigenvalue weighted by atomic mass is 9.99. The SMILES string of the molecule is CSNCc1ccccc1-c1ccc(N2CCC=CC2=O)c(F)c1. The molecule has 24 heavy (non-hydrogen) atoms. The number of amides is 1. The maximum atomic E-state index is 14.6. The number of benzene rings is 2. The first-order chi connectivity index (χ1) is 11.7. The minimum atomic E-state index is -0.372. The van der Waals surface area contributed by atoms with Crippen molar-refractivity contribution < 1.29 is 9.18 Å². The van der Waals surface area contributed by atoms with Gasteiger partial charge in [-0.2, -0.15) is 0 Å². The van der Waals surface area contributed by atoms with E-state index in [0.717, 1.165) is 23.1 Å². The van der Waals surface area contributed by atoms with E-state index < -0.39 is 0 Å². The number of halogens is 1. The fourth-order valence-electron chi connectivity index (χ4n) is 2.83. The van der Waals surface area contributed by atoms with Crippen molar-refractivity contribution in [2.45, 2.75) is 13.0 Å². The van der Waals surface area contributed by atoms with Crippen LogP contribution in [0.25, 0.3) is 11.1 Å². The summed E-state index contributed by atoms with van der Waals surface area (Å²) in [5.41, 5.74) is 3.26. The number of rotatable bonds is 5. The maximum Gasteiger partial charge on any atom is 0.250 e. The van der Waals surface area contributed by atoms with Crippen LogP contribution < -0.4 is 9.62 Å². The third-order valence-electron chi connectivity index (χ3n) is 4.02. The van der Waals surface area contributed by atoms with E-state index in [-0.39, 0.29) is 11.7 Å². The highest BCUT2D eigenvalue weighted by molar-refractivity contribution is 7.96. The van der Waals surface area contributed by atoms with E-state index in [0.29, 0.717) is 18.8 Å². The number of carbonyl (C=O) groups is 1. The van der Waals surface area contributed by atoms with Crippen LogP contribution in [0.1, 0.15) is 12.0 Å². The molecule has 2 aromatic carbocycles.